The van der Waals surface area contributed by atoms with Gasteiger partial charge in [0.05, 0.1) is 12.7 Å². The van der Waals surface area contributed by atoms with E-state index in [9.17, 15) is 9.59 Å². The fourth-order valence-corrected chi connectivity index (χ4v) is 1.38. The molecule has 98 valence electrons. The van der Waals surface area contributed by atoms with E-state index in [-0.39, 0.29) is 5.60 Å². The normalized spacial score (nSPS) is 18.2. The van der Waals surface area contributed by atoms with Gasteiger partial charge in [-0.05, 0) is 32.6 Å². The van der Waals surface area contributed by atoms with Crippen molar-refractivity contribution in [3.63, 3.8) is 0 Å². The average Bonchev–Trinajstić information content (AvgIpc) is 3.00. The summed E-state index contributed by atoms with van der Waals surface area (Å²) in [6.07, 6.45) is 2.33. The molecule has 1 rings (SSSR count). The number of methoxy groups -OCH3 is 1. The van der Waals surface area contributed by atoms with Crippen LogP contribution in [0.3, 0.4) is 0 Å². The first kappa shape index (κ1) is 13.8. The van der Waals surface area contributed by atoms with Crippen molar-refractivity contribution in [2.24, 2.45) is 0 Å². The van der Waals surface area contributed by atoms with Crippen molar-refractivity contribution in [2.75, 3.05) is 13.7 Å². The van der Waals surface area contributed by atoms with Crippen molar-refractivity contribution in [2.45, 2.75) is 44.2 Å². The summed E-state index contributed by atoms with van der Waals surface area (Å²) in [7, 11) is 1.20. The van der Waals surface area contributed by atoms with E-state index in [4.69, 9.17) is 9.84 Å². The largest absolute Gasteiger partial charge is 0.480 e. The third kappa shape index (κ3) is 5.04. The number of amides is 1. The molecule has 1 fully saturated rings. The number of alkyl carbamates (subject to hydrolysis) is 1. The molecule has 2 N–H and O–H groups in total. The van der Waals surface area contributed by atoms with E-state index in [2.05, 4.69) is 10.1 Å². The number of ether oxygens (including phenoxy) is 2. The summed E-state index contributed by atoms with van der Waals surface area (Å²) < 4.78 is 9.92. The van der Waals surface area contributed by atoms with Crippen LogP contribution in [0.5, 0.6) is 0 Å². The molecule has 0 unspecified atom stereocenters. The van der Waals surface area contributed by atoms with Gasteiger partial charge < -0.3 is 19.9 Å². The fraction of sp³-hybridized carbons (Fsp3) is 0.818. The summed E-state index contributed by atoms with van der Waals surface area (Å²) in [5, 5.41) is 11.1. The van der Waals surface area contributed by atoms with Gasteiger partial charge in [-0.1, -0.05) is 0 Å². The minimum Gasteiger partial charge on any atom is -0.480 e. The van der Waals surface area contributed by atoms with E-state index in [1.165, 1.54) is 7.11 Å². The number of carboxylic acids is 1. The molecule has 1 saturated carbocycles. The lowest BCUT2D eigenvalue weighted by Gasteiger charge is -2.14. The van der Waals surface area contributed by atoms with Crippen LogP contribution >= 0.6 is 0 Å². The molecular weight excluding hydrogens is 226 g/mol. The maximum atomic E-state index is 10.9. The van der Waals surface area contributed by atoms with Crippen molar-refractivity contribution in [1.29, 1.82) is 0 Å². The Bertz CT molecular complexity index is 288. The zero-order chi connectivity index (χ0) is 12.9. The van der Waals surface area contributed by atoms with Crippen LogP contribution in [0.1, 0.15) is 32.6 Å². The number of carbonyl (C=O) groups is 2. The Morgan fingerprint density at radius 1 is 1.47 bits per heavy atom. The molecule has 17 heavy (non-hydrogen) atoms. The number of hydrogen-bond donors (Lipinski definition) is 2. The van der Waals surface area contributed by atoms with Crippen molar-refractivity contribution in [3.05, 3.63) is 0 Å². The van der Waals surface area contributed by atoms with Crippen LogP contribution in [0.4, 0.5) is 4.79 Å². The van der Waals surface area contributed by atoms with Crippen LogP contribution in [-0.2, 0) is 14.3 Å². The van der Waals surface area contributed by atoms with Gasteiger partial charge in [-0.3, -0.25) is 0 Å². The van der Waals surface area contributed by atoms with Gasteiger partial charge in [0.25, 0.3) is 0 Å². The SMILES string of the molecule is COC(=O)N[C@@H](CCCOC1(C)CC1)C(=O)O. The molecule has 0 saturated heterocycles. The van der Waals surface area contributed by atoms with Crippen LogP contribution in [0.25, 0.3) is 0 Å². The second-order valence-corrected chi connectivity index (χ2v) is 4.47. The summed E-state index contributed by atoms with van der Waals surface area (Å²) in [5.74, 6) is -1.06. The van der Waals surface area contributed by atoms with Crippen molar-refractivity contribution >= 4 is 12.1 Å². The average molecular weight is 245 g/mol. The Morgan fingerprint density at radius 3 is 2.59 bits per heavy atom. The summed E-state index contributed by atoms with van der Waals surface area (Å²) in [6.45, 7) is 2.55. The van der Waals surface area contributed by atoms with Crippen molar-refractivity contribution < 1.29 is 24.2 Å². The predicted molar refractivity (Wildman–Crippen MR) is 59.8 cm³/mol. The molecule has 1 aliphatic rings. The van der Waals surface area contributed by atoms with Gasteiger partial charge in [0.1, 0.15) is 6.04 Å². The monoisotopic (exact) mass is 245 g/mol. The number of carbonyl (C=O) groups excluding carboxylic acids is 1. The first-order valence-corrected chi connectivity index (χ1v) is 5.68. The van der Waals surface area contributed by atoms with E-state index in [0.29, 0.717) is 19.4 Å². The Kier molecular flexibility index (Phi) is 4.74. The highest BCUT2D eigenvalue weighted by molar-refractivity contribution is 5.79. The van der Waals surface area contributed by atoms with E-state index < -0.39 is 18.1 Å². The van der Waals surface area contributed by atoms with Gasteiger partial charge in [0, 0.05) is 6.61 Å². The zero-order valence-corrected chi connectivity index (χ0v) is 10.2. The maximum absolute atomic E-state index is 10.9. The third-order valence-corrected chi connectivity index (χ3v) is 2.82. The first-order chi connectivity index (χ1) is 7.97. The summed E-state index contributed by atoms with van der Waals surface area (Å²) in [6, 6.07) is -0.918. The molecule has 1 amide bonds. The van der Waals surface area contributed by atoms with Crippen molar-refractivity contribution in [1.82, 2.24) is 5.32 Å². The molecule has 0 aromatic heterocycles. The van der Waals surface area contributed by atoms with Gasteiger partial charge >= 0.3 is 12.1 Å². The lowest BCUT2D eigenvalue weighted by molar-refractivity contribution is -0.139. The van der Waals surface area contributed by atoms with Gasteiger partial charge in [-0.2, -0.15) is 0 Å². The van der Waals surface area contributed by atoms with Crippen LogP contribution in [-0.4, -0.2) is 42.5 Å². The van der Waals surface area contributed by atoms with E-state index in [0.717, 1.165) is 12.8 Å². The molecule has 1 aliphatic carbocycles. The molecule has 0 spiro atoms. The molecule has 0 aromatic carbocycles. The zero-order valence-electron chi connectivity index (χ0n) is 10.2. The second-order valence-electron chi connectivity index (χ2n) is 4.47. The lowest BCUT2D eigenvalue weighted by atomic mass is 10.1. The van der Waals surface area contributed by atoms with Crippen LogP contribution in [0, 0.1) is 0 Å². The highest BCUT2D eigenvalue weighted by Crippen LogP contribution is 2.38. The number of nitrogens with one attached hydrogen (secondary N) is 1. The van der Waals surface area contributed by atoms with Gasteiger partial charge in [0.2, 0.25) is 0 Å². The number of rotatable bonds is 7. The van der Waals surface area contributed by atoms with Gasteiger partial charge in [-0.25, -0.2) is 9.59 Å². The Morgan fingerprint density at radius 2 is 2.12 bits per heavy atom. The minimum absolute atomic E-state index is 0.00843. The van der Waals surface area contributed by atoms with Gasteiger partial charge in [0.15, 0.2) is 0 Å². The molecule has 0 bridgehead atoms. The quantitative estimate of drug-likeness (QED) is 0.657. The highest BCUT2D eigenvalue weighted by atomic mass is 16.5. The second kappa shape index (κ2) is 5.86. The maximum Gasteiger partial charge on any atom is 0.407 e. The molecular formula is C11H19NO5. The first-order valence-electron chi connectivity index (χ1n) is 5.68. The summed E-state index contributed by atoms with van der Waals surface area (Å²) in [4.78, 5) is 21.7. The molecule has 0 aromatic rings. The Hall–Kier alpha value is -1.30. The van der Waals surface area contributed by atoms with Crippen molar-refractivity contribution in [3.8, 4) is 0 Å². The third-order valence-electron chi connectivity index (χ3n) is 2.82. The smallest absolute Gasteiger partial charge is 0.407 e. The van der Waals surface area contributed by atoms with E-state index >= 15 is 0 Å². The molecule has 0 radical (unpaired) electrons. The molecule has 0 heterocycles. The number of hydrogen-bond acceptors (Lipinski definition) is 4. The fourth-order valence-electron chi connectivity index (χ4n) is 1.38. The lowest BCUT2D eigenvalue weighted by Crippen LogP contribution is -2.40. The summed E-state index contributed by atoms with van der Waals surface area (Å²) in [5.41, 5.74) is 0.00843. The Balaban J connectivity index is 2.19. The summed E-state index contributed by atoms with van der Waals surface area (Å²) >= 11 is 0. The molecule has 0 aliphatic heterocycles. The van der Waals surface area contributed by atoms with E-state index in [1.54, 1.807) is 0 Å². The van der Waals surface area contributed by atoms with E-state index in [1.807, 2.05) is 6.92 Å². The highest BCUT2D eigenvalue weighted by Gasteiger charge is 2.38. The Labute approximate surface area is 100 Å². The predicted octanol–water partition coefficient (Wildman–Crippen LogP) is 1.14. The van der Waals surface area contributed by atoms with Crippen LogP contribution in [0.15, 0.2) is 0 Å². The number of aliphatic carboxylic acids is 1. The standard InChI is InChI=1S/C11H19NO5/c1-11(5-6-11)17-7-3-4-8(9(13)14)12-10(15)16-2/h8H,3-7H2,1-2H3,(H,12,15)(H,13,14)/t8-/m0/s1. The molecule has 6 nitrogen and oxygen atoms in total. The molecule has 6 heteroatoms. The minimum atomic E-state index is -1.06. The van der Waals surface area contributed by atoms with Gasteiger partial charge in [-0.15, -0.1) is 0 Å². The number of carboxylic acid groups (broad SMARTS) is 1. The molecule has 1 atom stereocenters. The topological polar surface area (TPSA) is 84.9 Å². The van der Waals surface area contributed by atoms with Crippen LogP contribution < -0.4 is 5.32 Å². The van der Waals surface area contributed by atoms with Crippen LogP contribution in [0.2, 0.25) is 0 Å².